The molecule has 1 aromatic heterocycles. The molecule has 3 rings (SSSR count). The van der Waals surface area contributed by atoms with E-state index in [9.17, 15) is 0 Å². The van der Waals surface area contributed by atoms with E-state index >= 15 is 0 Å². The number of aryl methyl sites for hydroxylation is 1. The van der Waals surface area contributed by atoms with Gasteiger partial charge in [0, 0.05) is 36.9 Å². The summed E-state index contributed by atoms with van der Waals surface area (Å²) in [5.41, 5.74) is 3.57. The second-order valence-corrected chi connectivity index (χ2v) is 6.93. The number of hydrogen-bond acceptors (Lipinski definition) is 2. The third-order valence-corrected chi connectivity index (χ3v) is 5.07. The molecule has 5 heteroatoms. The van der Waals surface area contributed by atoms with Gasteiger partial charge in [0.15, 0.2) is 0 Å². The van der Waals surface area contributed by atoms with Crippen LogP contribution in [0.4, 0.5) is 5.69 Å². The molecule has 0 N–H and O–H groups in total. The van der Waals surface area contributed by atoms with Crippen LogP contribution in [-0.4, -0.2) is 14.1 Å². The van der Waals surface area contributed by atoms with Crippen molar-refractivity contribution in [3.05, 3.63) is 58.1 Å². The zero-order valence-electron chi connectivity index (χ0n) is 13.3. The molecule has 2 aromatic carbocycles. The summed E-state index contributed by atoms with van der Waals surface area (Å²) in [6.07, 6.45) is 4.30. The van der Waals surface area contributed by atoms with Crippen LogP contribution in [0.25, 0.3) is 22.4 Å². The lowest BCUT2D eigenvalue weighted by Crippen LogP contribution is -3.00. The van der Waals surface area contributed by atoms with Crippen LogP contribution in [0.2, 0.25) is 5.02 Å². The first-order chi connectivity index (χ1) is 10.5. The maximum absolute atomic E-state index is 6.08. The van der Waals surface area contributed by atoms with Crippen molar-refractivity contribution < 1.29 is 28.5 Å². The van der Waals surface area contributed by atoms with Gasteiger partial charge in [-0.3, -0.25) is 0 Å². The van der Waals surface area contributed by atoms with Crippen molar-refractivity contribution in [3.8, 4) is 0 Å². The summed E-state index contributed by atoms with van der Waals surface area (Å²) in [5.74, 6) is 0. The van der Waals surface area contributed by atoms with Crippen LogP contribution in [0, 0.1) is 0 Å². The van der Waals surface area contributed by atoms with E-state index in [1.165, 1.54) is 26.5 Å². The lowest BCUT2D eigenvalue weighted by Gasteiger charge is -2.11. The van der Waals surface area contributed by atoms with Gasteiger partial charge in [-0.1, -0.05) is 35.1 Å². The number of hydrogen-bond donors (Lipinski definition) is 0. The maximum Gasteiger partial charge on any atom is 0.262 e. The Morgan fingerprint density at radius 1 is 1.04 bits per heavy atom. The Morgan fingerprint density at radius 2 is 1.74 bits per heavy atom. The molecule has 120 valence electrons. The summed E-state index contributed by atoms with van der Waals surface area (Å²) in [5, 5.41) is 1.98. The first-order valence-corrected chi connectivity index (χ1v) is 8.27. The van der Waals surface area contributed by atoms with E-state index in [2.05, 4.69) is 59.0 Å². The molecule has 0 fully saturated rings. The monoisotopic (exact) mass is 456 g/mol. The largest absolute Gasteiger partial charge is 1.00 e. The third kappa shape index (κ3) is 4.05. The molecule has 0 aliphatic carbocycles. The second kappa shape index (κ2) is 7.64. The Hall–Kier alpha value is -1.11. The number of benzene rings is 2. The van der Waals surface area contributed by atoms with Crippen LogP contribution in [0.3, 0.4) is 0 Å². The standard InChI is InChI=1S/C18H18ClN2S.HI/c1-20(2)15-8-4-13(5-9-15)6-11-18-21(3)16-12-14(19)7-10-17(16)22-18;/h4-12H,1-3H3;1H/q+1;/p-1. The molecule has 0 aliphatic heterocycles. The number of halogens is 2. The highest BCUT2D eigenvalue weighted by atomic mass is 127. The van der Waals surface area contributed by atoms with Gasteiger partial charge in [0.25, 0.3) is 5.01 Å². The van der Waals surface area contributed by atoms with E-state index in [0.29, 0.717) is 0 Å². The lowest BCUT2D eigenvalue weighted by molar-refractivity contribution is -0.642. The maximum atomic E-state index is 6.08. The predicted octanol–water partition coefficient (Wildman–Crippen LogP) is 1.62. The molecule has 0 spiro atoms. The zero-order chi connectivity index (χ0) is 15.7. The van der Waals surface area contributed by atoms with Gasteiger partial charge in [0.05, 0.1) is 0 Å². The molecule has 2 nitrogen and oxygen atoms in total. The molecule has 0 aliphatic rings. The molecule has 23 heavy (non-hydrogen) atoms. The summed E-state index contributed by atoms with van der Waals surface area (Å²) in [7, 11) is 6.17. The highest BCUT2D eigenvalue weighted by molar-refractivity contribution is 7.18. The van der Waals surface area contributed by atoms with Crippen LogP contribution in [0.15, 0.2) is 42.5 Å². The summed E-state index contributed by atoms with van der Waals surface area (Å²) < 4.78 is 3.42. The lowest BCUT2D eigenvalue weighted by atomic mass is 10.2. The number of rotatable bonds is 3. The minimum atomic E-state index is 0. The second-order valence-electron chi connectivity index (χ2n) is 5.43. The van der Waals surface area contributed by atoms with Crippen LogP contribution in [-0.2, 0) is 7.05 Å². The Morgan fingerprint density at radius 3 is 2.39 bits per heavy atom. The van der Waals surface area contributed by atoms with Gasteiger partial charge in [0.1, 0.15) is 11.7 Å². The number of aromatic nitrogens is 1. The van der Waals surface area contributed by atoms with Crippen LogP contribution in [0.1, 0.15) is 10.6 Å². The number of thiazole rings is 1. The normalized spacial score (nSPS) is 11.0. The Bertz CT molecular complexity index is 838. The Kier molecular flexibility index (Phi) is 6.06. The molecule has 0 radical (unpaired) electrons. The highest BCUT2D eigenvalue weighted by Crippen LogP contribution is 2.24. The Labute approximate surface area is 163 Å². The molecule has 3 aromatic rings. The van der Waals surface area contributed by atoms with Gasteiger partial charge in [0.2, 0.25) is 5.52 Å². The van der Waals surface area contributed by atoms with Crippen LogP contribution < -0.4 is 33.4 Å². The number of nitrogens with zero attached hydrogens (tertiary/aromatic N) is 2. The van der Waals surface area contributed by atoms with Crippen LogP contribution >= 0.6 is 22.9 Å². The molecular weight excluding hydrogens is 439 g/mol. The summed E-state index contributed by atoms with van der Waals surface area (Å²) >= 11 is 7.85. The first kappa shape index (κ1) is 18.2. The van der Waals surface area contributed by atoms with Gasteiger partial charge in [-0.25, -0.2) is 0 Å². The fraction of sp³-hybridized carbons (Fsp3) is 0.167. The quantitative estimate of drug-likeness (QED) is 0.429. The molecule has 0 saturated heterocycles. The number of anilines is 1. The highest BCUT2D eigenvalue weighted by Gasteiger charge is 2.14. The van der Waals surface area contributed by atoms with Crippen molar-refractivity contribution in [2.75, 3.05) is 19.0 Å². The van der Waals surface area contributed by atoms with E-state index < -0.39 is 0 Å². The molecule has 0 saturated carbocycles. The predicted molar refractivity (Wildman–Crippen MR) is 97.7 cm³/mol. The van der Waals surface area contributed by atoms with E-state index in [-0.39, 0.29) is 24.0 Å². The molecule has 0 amide bonds. The summed E-state index contributed by atoms with van der Waals surface area (Å²) in [6, 6.07) is 14.6. The minimum absolute atomic E-state index is 0. The minimum Gasteiger partial charge on any atom is -1.00 e. The van der Waals surface area contributed by atoms with E-state index in [1.807, 2.05) is 26.2 Å². The average molecular weight is 457 g/mol. The van der Waals surface area contributed by atoms with Crippen molar-refractivity contribution in [2.45, 2.75) is 0 Å². The smallest absolute Gasteiger partial charge is 0.262 e. The topological polar surface area (TPSA) is 7.12 Å². The van der Waals surface area contributed by atoms with Crippen LogP contribution in [0.5, 0.6) is 0 Å². The van der Waals surface area contributed by atoms with Gasteiger partial charge < -0.3 is 28.9 Å². The van der Waals surface area contributed by atoms with Gasteiger partial charge in [-0.15, -0.1) is 0 Å². The van der Waals surface area contributed by atoms with Crippen molar-refractivity contribution >= 4 is 51.0 Å². The van der Waals surface area contributed by atoms with E-state index in [0.717, 1.165) is 5.02 Å². The Balaban J connectivity index is 0.00000192. The SMILES string of the molecule is CN(C)c1ccc(/C=C/c2sc3ccc(Cl)cc3[n+]2C)cc1.[I-]. The first-order valence-electron chi connectivity index (χ1n) is 7.08. The molecule has 0 unspecified atom stereocenters. The van der Waals surface area contributed by atoms with Crippen molar-refractivity contribution in [1.29, 1.82) is 0 Å². The van der Waals surface area contributed by atoms with Gasteiger partial charge in [-0.05, 0) is 35.9 Å². The van der Waals surface area contributed by atoms with Crippen molar-refractivity contribution in [3.63, 3.8) is 0 Å². The summed E-state index contributed by atoms with van der Waals surface area (Å²) in [4.78, 5) is 2.10. The zero-order valence-corrected chi connectivity index (χ0v) is 17.0. The fourth-order valence-corrected chi connectivity index (χ4v) is 3.54. The molecule has 0 atom stereocenters. The van der Waals surface area contributed by atoms with E-state index in [4.69, 9.17) is 11.6 Å². The summed E-state index contributed by atoms with van der Waals surface area (Å²) in [6.45, 7) is 0. The number of fused-ring (bicyclic) bond motifs is 1. The molecule has 0 bridgehead atoms. The van der Waals surface area contributed by atoms with Crippen molar-refractivity contribution in [1.82, 2.24) is 0 Å². The van der Waals surface area contributed by atoms with Gasteiger partial charge >= 0.3 is 0 Å². The van der Waals surface area contributed by atoms with E-state index in [1.54, 1.807) is 11.3 Å². The average Bonchev–Trinajstić information content (AvgIpc) is 2.82. The van der Waals surface area contributed by atoms with Crippen molar-refractivity contribution in [2.24, 2.45) is 7.05 Å². The molecular formula is C18H18ClIN2S. The fourth-order valence-electron chi connectivity index (χ4n) is 2.34. The molecule has 1 heterocycles. The third-order valence-electron chi connectivity index (χ3n) is 3.66. The van der Waals surface area contributed by atoms with Gasteiger partial charge in [-0.2, -0.15) is 4.57 Å².